The molecule has 0 saturated carbocycles. The third-order valence-corrected chi connectivity index (χ3v) is 5.63. The summed E-state index contributed by atoms with van der Waals surface area (Å²) >= 11 is 0. The molecule has 0 radical (unpaired) electrons. The number of fused-ring (bicyclic) bond motifs is 2. The summed E-state index contributed by atoms with van der Waals surface area (Å²) in [6.45, 7) is 2.73. The van der Waals surface area contributed by atoms with Gasteiger partial charge in [0, 0.05) is 13.5 Å². The Morgan fingerprint density at radius 1 is 1.09 bits per heavy atom. The van der Waals surface area contributed by atoms with Gasteiger partial charge in [0.05, 0.1) is 24.0 Å². The van der Waals surface area contributed by atoms with Gasteiger partial charge in [0.2, 0.25) is 5.91 Å². The fourth-order valence-electron chi connectivity index (χ4n) is 3.48. The summed E-state index contributed by atoms with van der Waals surface area (Å²) in [5.74, 6) is -1.21. The number of hydrogen-bond donors (Lipinski definition) is 5. The molecule has 1 amide bonds. The first-order valence-electron chi connectivity index (χ1n) is 10.8. The molecular weight excluding hydrogens is 462 g/mol. The molecule has 3 unspecified atom stereocenters. The van der Waals surface area contributed by atoms with E-state index in [2.05, 4.69) is 20.3 Å². The van der Waals surface area contributed by atoms with Gasteiger partial charge in [-0.25, -0.2) is 9.78 Å². The van der Waals surface area contributed by atoms with Crippen molar-refractivity contribution in [2.75, 3.05) is 13.7 Å². The number of ether oxygens (including phenoxy) is 1. The highest BCUT2D eigenvalue weighted by atomic mass is 16.5. The van der Waals surface area contributed by atoms with E-state index in [9.17, 15) is 34.5 Å². The van der Waals surface area contributed by atoms with Crippen LogP contribution in [0.2, 0.25) is 0 Å². The van der Waals surface area contributed by atoms with Crippen molar-refractivity contribution in [1.29, 1.82) is 0 Å². The van der Waals surface area contributed by atoms with Crippen LogP contribution < -0.4 is 16.6 Å². The van der Waals surface area contributed by atoms with Crippen molar-refractivity contribution in [2.45, 2.75) is 51.5 Å². The zero-order chi connectivity index (χ0) is 25.9. The van der Waals surface area contributed by atoms with Crippen LogP contribution in [0.3, 0.4) is 0 Å². The summed E-state index contributed by atoms with van der Waals surface area (Å²) in [5, 5.41) is 33.7. The van der Waals surface area contributed by atoms with Crippen LogP contribution in [0.25, 0.3) is 22.6 Å². The Morgan fingerprint density at radius 3 is 2.46 bits per heavy atom. The summed E-state index contributed by atoms with van der Waals surface area (Å²) in [6.07, 6.45) is -5.32. The van der Waals surface area contributed by atoms with Gasteiger partial charge in [0.15, 0.2) is 11.5 Å². The monoisotopic (exact) mass is 489 g/mol. The molecule has 0 aromatic heterocycles. The third-order valence-electron chi connectivity index (χ3n) is 5.63. The van der Waals surface area contributed by atoms with Crippen LogP contribution in [0.15, 0.2) is 21.7 Å². The molecule has 2 aliphatic heterocycles. The lowest BCUT2D eigenvalue weighted by molar-refractivity contribution is -0.152. The lowest BCUT2D eigenvalue weighted by Crippen LogP contribution is -2.43. The molecule has 0 aliphatic carbocycles. The van der Waals surface area contributed by atoms with Gasteiger partial charge < -0.3 is 29.9 Å². The predicted octanol–water partition coefficient (Wildman–Crippen LogP) is -1.65. The van der Waals surface area contributed by atoms with Crippen molar-refractivity contribution in [3.63, 3.8) is 0 Å². The van der Waals surface area contributed by atoms with E-state index >= 15 is 0 Å². The fraction of sp³-hybridized carbons (Fsp3) is 0.455. The molecule has 2 aliphatic rings. The first-order valence-corrected chi connectivity index (χ1v) is 10.8. The SMILES string of the molecule is CNC(=O)CCC(=O)OCC(O)C(O)C(O)Cn1c2nc(=O)[nH]c(=O)c-2nc2cc(C)c(C)cc21. The Balaban J connectivity index is 1.85. The highest BCUT2D eigenvalue weighted by molar-refractivity contribution is 5.81. The maximum absolute atomic E-state index is 12.3. The number of rotatable bonds is 9. The standard InChI is InChI=1S/C22H27N5O8/c1-10-6-12-13(7-11(10)2)27(20-18(24-12)21(33)26-22(34)25-20)8-14(28)19(32)15(29)9-35-17(31)5-4-16(30)23-3/h6-7,14-15,19,28-29,32H,4-5,8-9H2,1-3H3,(H,23,30)(H,26,33,34). The molecule has 0 saturated heterocycles. The third kappa shape index (κ3) is 5.88. The molecule has 3 atom stereocenters. The molecule has 0 bridgehead atoms. The van der Waals surface area contributed by atoms with E-state index in [1.54, 1.807) is 12.1 Å². The van der Waals surface area contributed by atoms with E-state index in [4.69, 9.17) is 4.74 Å². The van der Waals surface area contributed by atoms with E-state index in [0.29, 0.717) is 11.0 Å². The number of benzene rings is 1. The van der Waals surface area contributed by atoms with E-state index in [1.807, 2.05) is 13.8 Å². The topological polar surface area (TPSA) is 197 Å². The second kappa shape index (κ2) is 10.7. The van der Waals surface area contributed by atoms with Crippen LogP contribution in [-0.2, 0) is 20.9 Å². The number of H-pyrrole nitrogens is 1. The van der Waals surface area contributed by atoms with E-state index in [0.717, 1.165) is 11.1 Å². The van der Waals surface area contributed by atoms with Crippen LogP contribution in [0.1, 0.15) is 24.0 Å². The average molecular weight is 489 g/mol. The molecule has 13 nitrogen and oxygen atoms in total. The predicted molar refractivity (Wildman–Crippen MR) is 123 cm³/mol. The summed E-state index contributed by atoms with van der Waals surface area (Å²) < 4.78 is 6.24. The number of aliphatic hydroxyl groups excluding tert-OH is 3. The molecule has 13 heteroatoms. The zero-order valence-corrected chi connectivity index (χ0v) is 19.4. The van der Waals surface area contributed by atoms with Crippen molar-refractivity contribution in [3.05, 3.63) is 44.1 Å². The van der Waals surface area contributed by atoms with Crippen LogP contribution in [0.4, 0.5) is 0 Å². The molecule has 188 valence electrons. The molecule has 0 spiro atoms. The van der Waals surface area contributed by atoms with Crippen molar-refractivity contribution < 1.29 is 29.6 Å². The zero-order valence-electron chi connectivity index (χ0n) is 19.4. The van der Waals surface area contributed by atoms with Crippen LogP contribution in [0.5, 0.6) is 0 Å². The number of esters is 1. The molecule has 3 rings (SSSR count). The van der Waals surface area contributed by atoms with Crippen molar-refractivity contribution in [1.82, 2.24) is 24.8 Å². The molecule has 1 aromatic carbocycles. The van der Waals surface area contributed by atoms with Gasteiger partial charge in [-0.3, -0.25) is 19.4 Å². The van der Waals surface area contributed by atoms with Crippen LogP contribution >= 0.6 is 0 Å². The quantitative estimate of drug-likeness (QED) is 0.172. The fourth-order valence-corrected chi connectivity index (χ4v) is 3.48. The van der Waals surface area contributed by atoms with Gasteiger partial charge in [-0.15, -0.1) is 0 Å². The van der Waals surface area contributed by atoms with E-state index in [1.165, 1.54) is 11.6 Å². The Bertz CT molecular complexity index is 1330. The molecule has 35 heavy (non-hydrogen) atoms. The Hall–Kier alpha value is -3.68. The highest BCUT2D eigenvalue weighted by Gasteiger charge is 2.29. The summed E-state index contributed by atoms with van der Waals surface area (Å²) in [4.78, 5) is 57.3. The second-order valence-corrected chi connectivity index (χ2v) is 8.17. The molecule has 5 N–H and O–H groups in total. The number of hydrogen-bond acceptors (Lipinski definition) is 10. The largest absolute Gasteiger partial charge is 0.463 e. The van der Waals surface area contributed by atoms with Gasteiger partial charge in [-0.05, 0) is 37.1 Å². The Morgan fingerprint density at radius 2 is 1.77 bits per heavy atom. The number of nitrogens with one attached hydrogen (secondary N) is 2. The van der Waals surface area contributed by atoms with Crippen LogP contribution in [-0.4, -0.2) is 78.7 Å². The maximum atomic E-state index is 12.3. The van der Waals surface area contributed by atoms with Gasteiger partial charge in [-0.1, -0.05) is 0 Å². The molecular formula is C22H27N5O8. The summed E-state index contributed by atoms with van der Waals surface area (Å²) in [6, 6.07) is 3.48. The van der Waals surface area contributed by atoms with Crippen molar-refractivity contribution >= 4 is 22.9 Å². The van der Waals surface area contributed by atoms with Gasteiger partial charge in [0.1, 0.15) is 24.9 Å². The molecule has 1 aromatic rings. The Labute approximate surface area is 198 Å². The van der Waals surface area contributed by atoms with Gasteiger partial charge >= 0.3 is 11.7 Å². The number of aromatic nitrogens is 4. The lowest BCUT2D eigenvalue weighted by atomic mass is 10.1. The normalized spacial score (nSPS) is 14.0. The van der Waals surface area contributed by atoms with Crippen molar-refractivity contribution in [2.24, 2.45) is 0 Å². The number of aliphatic hydroxyl groups is 3. The van der Waals surface area contributed by atoms with Crippen LogP contribution in [0, 0.1) is 13.8 Å². The number of aryl methyl sites for hydroxylation is 2. The van der Waals surface area contributed by atoms with E-state index in [-0.39, 0.29) is 36.8 Å². The maximum Gasteiger partial charge on any atom is 0.349 e. The number of nitrogens with zero attached hydrogens (tertiary/aromatic N) is 3. The number of carbonyl (C=O) groups is 2. The highest BCUT2D eigenvalue weighted by Crippen LogP contribution is 2.24. The minimum absolute atomic E-state index is 0.0951. The first kappa shape index (κ1) is 25.9. The molecule has 0 fully saturated rings. The van der Waals surface area contributed by atoms with E-state index < -0.39 is 42.1 Å². The number of aromatic amines is 1. The number of amides is 1. The van der Waals surface area contributed by atoms with Crippen molar-refractivity contribution in [3.8, 4) is 11.5 Å². The lowest BCUT2D eigenvalue weighted by Gasteiger charge is -2.25. The smallest absolute Gasteiger partial charge is 0.349 e. The minimum atomic E-state index is -1.76. The molecule has 2 heterocycles. The second-order valence-electron chi connectivity index (χ2n) is 8.17. The van der Waals surface area contributed by atoms with Gasteiger partial charge in [-0.2, -0.15) is 4.98 Å². The minimum Gasteiger partial charge on any atom is -0.463 e. The summed E-state index contributed by atoms with van der Waals surface area (Å²) in [7, 11) is 1.42. The summed E-state index contributed by atoms with van der Waals surface area (Å²) in [5.41, 5.74) is 0.826. The Kier molecular flexibility index (Phi) is 7.94. The average Bonchev–Trinajstić information content (AvgIpc) is 2.81. The number of carbonyl (C=O) groups excluding carboxylic acids is 2. The van der Waals surface area contributed by atoms with Gasteiger partial charge in [0.25, 0.3) is 5.56 Å². The first-order chi connectivity index (χ1) is 16.5.